The highest BCUT2D eigenvalue weighted by molar-refractivity contribution is 7.89. The molecule has 2 rings (SSSR count). The number of hydrogen-bond donors (Lipinski definition) is 1. The number of rotatable bonds is 7. The minimum Gasteiger partial charge on any atom is -0.478 e. The molecule has 0 aliphatic heterocycles. The van der Waals surface area contributed by atoms with E-state index in [0.29, 0.717) is 11.4 Å². The molecule has 0 atom stereocenters. The standard InChI is InChI=1S/C17H16Cl3NO4S/c1-2-21(8-7-11-3-5-12(18)6-4-11)26(24,25)13-9-14(17(22)23)16(20)15(19)10-13/h3-6,9-10H,2,7-8H2,1H3,(H,22,23). The van der Waals surface area contributed by atoms with Gasteiger partial charge in [0.1, 0.15) is 0 Å². The molecule has 2 aromatic carbocycles. The van der Waals surface area contributed by atoms with Crippen molar-refractivity contribution >= 4 is 50.8 Å². The van der Waals surface area contributed by atoms with Crippen molar-refractivity contribution in [1.82, 2.24) is 4.31 Å². The minimum atomic E-state index is -3.92. The average molecular weight is 437 g/mol. The van der Waals surface area contributed by atoms with Crippen molar-refractivity contribution in [2.75, 3.05) is 13.1 Å². The number of carboxylic acids is 1. The molecule has 2 aromatic rings. The molecule has 0 aliphatic rings. The van der Waals surface area contributed by atoms with E-state index in [4.69, 9.17) is 34.8 Å². The van der Waals surface area contributed by atoms with Crippen molar-refractivity contribution in [2.24, 2.45) is 0 Å². The second kappa shape index (κ2) is 8.59. The van der Waals surface area contributed by atoms with Crippen molar-refractivity contribution in [3.63, 3.8) is 0 Å². The quantitative estimate of drug-likeness (QED) is 0.688. The van der Waals surface area contributed by atoms with E-state index >= 15 is 0 Å². The van der Waals surface area contributed by atoms with Crippen LogP contribution in [-0.2, 0) is 16.4 Å². The summed E-state index contributed by atoms with van der Waals surface area (Å²) in [5.41, 5.74) is 0.579. The van der Waals surface area contributed by atoms with E-state index in [9.17, 15) is 18.3 Å². The molecule has 0 unspecified atom stereocenters. The number of carbonyl (C=O) groups is 1. The van der Waals surface area contributed by atoms with Gasteiger partial charge in [0, 0.05) is 18.1 Å². The first-order chi connectivity index (χ1) is 12.2. The Morgan fingerprint density at radius 2 is 1.73 bits per heavy atom. The lowest BCUT2D eigenvalue weighted by atomic mass is 10.1. The van der Waals surface area contributed by atoms with Crippen LogP contribution in [0.15, 0.2) is 41.3 Å². The first-order valence-corrected chi connectivity index (χ1v) is 10.2. The van der Waals surface area contributed by atoms with E-state index in [-0.39, 0.29) is 33.6 Å². The summed E-state index contributed by atoms with van der Waals surface area (Å²) in [6, 6.07) is 9.31. The maximum Gasteiger partial charge on any atom is 0.337 e. The zero-order valence-corrected chi connectivity index (χ0v) is 16.8. The van der Waals surface area contributed by atoms with E-state index in [0.717, 1.165) is 17.7 Å². The van der Waals surface area contributed by atoms with E-state index < -0.39 is 16.0 Å². The first-order valence-electron chi connectivity index (χ1n) is 7.63. The van der Waals surface area contributed by atoms with Crippen LogP contribution in [0.3, 0.4) is 0 Å². The lowest BCUT2D eigenvalue weighted by molar-refractivity contribution is 0.0697. The zero-order chi connectivity index (χ0) is 19.5. The predicted molar refractivity (Wildman–Crippen MR) is 103 cm³/mol. The second-order valence-corrected chi connectivity index (χ2v) is 8.60. The Morgan fingerprint density at radius 3 is 2.27 bits per heavy atom. The van der Waals surface area contributed by atoms with Gasteiger partial charge in [-0.15, -0.1) is 0 Å². The average Bonchev–Trinajstić information content (AvgIpc) is 2.58. The Labute approximate surface area is 167 Å². The number of carboxylic acid groups (broad SMARTS) is 1. The number of halogens is 3. The van der Waals surface area contributed by atoms with Gasteiger partial charge in [0.2, 0.25) is 10.0 Å². The van der Waals surface area contributed by atoms with Crippen molar-refractivity contribution in [2.45, 2.75) is 18.2 Å². The number of nitrogens with zero attached hydrogens (tertiary/aromatic N) is 1. The summed E-state index contributed by atoms with van der Waals surface area (Å²) < 4.78 is 27.0. The summed E-state index contributed by atoms with van der Waals surface area (Å²) in [6.07, 6.45) is 0.483. The van der Waals surface area contributed by atoms with Gasteiger partial charge in [0.15, 0.2) is 0 Å². The molecule has 0 aromatic heterocycles. The van der Waals surface area contributed by atoms with Crippen LogP contribution < -0.4 is 0 Å². The van der Waals surface area contributed by atoms with Gasteiger partial charge in [-0.3, -0.25) is 0 Å². The molecule has 0 bridgehead atoms. The Hall–Kier alpha value is -1.31. The molecule has 26 heavy (non-hydrogen) atoms. The summed E-state index contributed by atoms with van der Waals surface area (Å²) in [7, 11) is -3.92. The largest absolute Gasteiger partial charge is 0.478 e. The van der Waals surface area contributed by atoms with E-state index in [1.54, 1.807) is 19.1 Å². The third kappa shape index (κ3) is 4.69. The van der Waals surface area contributed by atoms with Crippen LogP contribution in [0.5, 0.6) is 0 Å². The maximum absolute atomic E-state index is 12.9. The van der Waals surface area contributed by atoms with Gasteiger partial charge < -0.3 is 5.11 Å². The van der Waals surface area contributed by atoms with Crippen LogP contribution in [0.25, 0.3) is 0 Å². The van der Waals surface area contributed by atoms with Crippen LogP contribution in [-0.4, -0.2) is 36.9 Å². The molecule has 0 radical (unpaired) electrons. The smallest absolute Gasteiger partial charge is 0.337 e. The number of hydrogen-bond acceptors (Lipinski definition) is 3. The van der Waals surface area contributed by atoms with Crippen molar-refractivity contribution in [1.29, 1.82) is 0 Å². The molecule has 0 aliphatic carbocycles. The third-order valence-electron chi connectivity index (χ3n) is 3.79. The summed E-state index contributed by atoms with van der Waals surface area (Å²) in [6.45, 7) is 2.15. The number of aromatic carboxylic acids is 1. The van der Waals surface area contributed by atoms with Crippen molar-refractivity contribution in [3.05, 3.63) is 62.6 Å². The summed E-state index contributed by atoms with van der Waals surface area (Å²) in [4.78, 5) is 11.1. The van der Waals surface area contributed by atoms with Crippen LogP contribution >= 0.6 is 34.8 Å². The second-order valence-electron chi connectivity index (χ2n) is 5.44. The third-order valence-corrected chi connectivity index (χ3v) is 6.79. The molecule has 0 amide bonds. The van der Waals surface area contributed by atoms with Crippen LogP contribution in [0.2, 0.25) is 15.1 Å². The van der Waals surface area contributed by atoms with Gasteiger partial charge in [-0.1, -0.05) is 53.9 Å². The monoisotopic (exact) mass is 435 g/mol. The van der Waals surface area contributed by atoms with Crippen LogP contribution in [0.1, 0.15) is 22.8 Å². The molecule has 5 nitrogen and oxygen atoms in total. The fourth-order valence-corrected chi connectivity index (χ4v) is 4.47. The number of likely N-dealkylation sites (N-methyl/N-ethyl adjacent to an activating group) is 1. The SMILES string of the molecule is CCN(CCc1ccc(Cl)cc1)S(=O)(=O)c1cc(Cl)c(Cl)c(C(=O)O)c1. The zero-order valence-electron chi connectivity index (χ0n) is 13.7. The van der Waals surface area contributed by atoms with E-state index in [1.165, 1.54) is 4.31 Å². The Bertz CT molecular complexity index is 914. The Balaban J connectivity index is 2.31. The first kappa shape index (κ1) is 21.0. The molecular weight excluding hydrogens is 421 g/mol. The molecule has 9 heteroatoms. The van der Waals surface area contributed by atoms with Gasteiger partial charge in [-0.05, 0) is 36.2 Å². The normalized spacial score (nSPS) is 11.7. The fourth-order valence-electron chi connectivity index (χ4n) is 2.37. The highest BCUT2D eigenvalue weighted by atomic mass is 35.5. The van der Waals surface area contributed by atoms with Gasteiger partial charge in [0.05, 0.1) is 20.5 Å². The van der Waals surface area contributed by atoms with Crippen molar-refractivity contribution < 1.29 is 18.3 Å². The van der Waals surface area contributed by atoms with Crippen LogP contribution in [0, 0.1) is 0 Å². The molecule has 0 saturated heterocycles. The molecule has 0 fully saturated rings. The maximum atomic E-state index is 12.9. The summed E-state index contributed by atoms with van der Waals surface area (Å²) >= 11 is 17.6. The number of sulfonamides is 1. The Kier molecular flexibility index (Phi) is 6.93. The fraction of sp³-hybridized carbons (Fsp3) is 0.235. The van der Waals surface area contributed by atoms with Gasteiger partial charge in [-0.2, -0.15) is 4.31 Å². The summed E-state index contributed by atoms with van der Waals surface area (Å²) in [5.74, 6) is -1.35. The number of benzene rings is 2. The lowest BCUT2D eigenvalue weighted by Gasteiger charge is -2.21. The molecule has 0 saturated carbocycles. The minimum absolute atomic E-state index is 0.126. The van der Waals surface area contributed by atoms with Gasteiger partial charge in [-0.25, -0.2) is 13.2 Å². The topological polar surface area (TPSA) is 74.7 Å². The molecule has 0 spiro atoms. The van der Waals surface area contributed by atoms with Crippen molar-refractivity contribution in [3.8, 4) is 0 Å². The van der Waals surface area contributed by atoms with Gasteiger partial charge in [0.25, 0.3) is 0 Å². The molecule has 0 heterocycles. The predicted octanol–water partition coefficient (Wildman–Crippen LogP) is 4.60. The molecular formula is C17H16Cl3NO4S. The van der Waals surface area contributed by atoms with Crippen LogP contribution in [0.4, 0.5) is 0 Å². The summed E-state index contributed by atoms with van der Waals surface area (Å²) in [5, 5.41) is 9.47. The lowest BCUT2D eigenvalue weighted by Crippen LogP contribution is -2.33. The van der Waals surface area contributed by atoms with E-state index in [1.807, 2.05) is 12.1 Å². The highest BCUT2D eigenvalue weighted by Gasteiger charge is 2.26. The molecule has 140 valence electrons. The van der Waals surface area contributed by atoms with Gasteiger partial charge >= 0.3 is 5.97 Å². The Morgan fingerprint density at radius 1 is 1.12 bits per heavy atom. The van der Waals surface area contributed by atoms with E-state index in [2.05, 4.69) is 0 Å². The highest BCUT2D eigenvalue weighted by Crippen LogP contribution is 2.31. The molecule has 1 N–H and O–H groups in total.